The smallest absolute Gasteiger partial charge is 0.339 e. The van der Waals surface area contributed by atoms with Crippen LogP contribution in [0.3, 0.4) is 0 Å². The topological polar surface area (TPSA) is 75.5 Å². The van der Waals surface area contributed by atoms with E-state index in [1.807, 2.05) is 42.5 Å². The number of aromatic carboxylic acids is 1. The van der Waals surface area contributed by atoms with Crippen LogP contribution >= 0.6 is 0 Å². The lowest BCUT2D eigenvalue weighted by Gasteiger charge is -2.25. The second-order valence-electron chi connectivity index (χ2n) is 7.45. The third kappa shape index (κ3) is 4.27. The predicted octanol–water partition coefficient (Wildman–Crippen LogP) is 4.31. The van der Waals surface area contributed by atoms with E-state index >= 15 is 0 Å². The summed E-state index contributed by atoms with van der Waals surface area (Å²) >= 11 is 0. The third-order valence-electron chi connectivity index (χ3n) is 5.59. The summed E-state index contributed by atoms with van der Waals surface area (Å²) in [6, 6.07) is 18.3. The molecule has 30 heavy (non-hydrogen) atoms. The Balaban J connectivity index is 1.60. The molecule has 0 aliphatic carbocycles. The van der Waals surface area contributed by atoms with Gasteiger partial charge in [-0.15, -0.1) is 0 Å². The summed E-state index contributed by atoms with van der Waals surface area (Å²) in [6.45, 7) is 0.848. The summed E-state index contributed by atoms with van der Waals surface area (Å²) < 4.78 is 5.26. The summed E-state index contributed by atoms with van der Waals surface area (Å²) in [4.78, 5) is 23.0. The summed E-state index contributed by atoms with van der Waals surface area (Å²) in [5, 5.41) is 9.59. The molecule has 0 bridgehead atoms. The van der Waals surface area contributed by atoms with E-state index in [2.05, 4.69) is 22.0 Å². The fourth-order valence-electron chi connectivity index (χ4n) is 4.00. The zero-order valence-electron chi connectivity index (χ0n) is 17.0. The van der Waals surface area contributed by atoms with E-state index in [0.29, 0.717) is 18.1 Å². The number of rotatable bonds is 7. The van der Waals surface area contributed by atoms with E-state index in [1.165, 1.54) is 11.8 Å². The first-order valence-corrected chi connectivity index (χ1v) is 10.2. The molecular formula is C24H25N3O3. The van der Waals surface area contributed by atoms with Gasteiger partial charge in [0.1, 0.15) is 5.75 Å². The quantitative estimate of drug-likeness (QED) is 0.634. The fraction of sp³-hybridized carbons (Fsp3) is 0.292. The van der Waals surface area contributed by atoms with Gasteiger partial charge < -0.3 is 14.7 Å². The van der Waals surface area contributed by atoms with Crippen LogP contribution in [0.1, 0.15) is 46.1 Å². The summed E-state index contributed by atoms with van der Waals surface area (Å²) in [5.74, 6) is 0.438. The highest BCUT2D eigenvalue weighted by Crippen LogP contribution is 2.35. The Morgan fingerprint density at radius 1 is 1.13 bits per heavy atom. The van der Waals surface area contributed by atoms with Gasteiger partial charge in [-0.05, 0) is 48.9 Å². The van der Waals surface area contributed by atoms with Gasteiger partial charge >= 0.3 is 5.97 Å². The number of ether oxygens (including phenoxy) is 1. The fourth-order valence-corrected chi connectivity index (χ4v) is 4.00. The van der Waals surface area contributed by atoms with E-state index in [-0.39, 0.29) is 11.6 Å². The molecule has 0 unspecified atom stereocenters. The van der Waals surface area contributed by atoms with Gasteiger partial charge in [0, 0.05) is 12.7 Å². The molecule has 1 atom stereocenters. The summed E-state index contributed by atoms with van der Waals surface area (Å²) in [7, 11) is 1.66. The minimum atomic E-state index is -0.988. The number of aryl methyl sites for hydroxylation is 2. The molecule has 2 aromatic carbocycles. The first-order chi connectivity index (χ1) is 14.7. The zero-order chi connectivity index (χ0) is 20.9. The van der Waals surface area contributed by atoms with Crippen molar-refractivity contribution in [2.45, 2.75) is 31.7 Å². The maximum atomic E-state index is 11.7. The lowest BCUT2D eigenvalue weighted by atomic mass is 10.0. The summed E-state index contributed by atoms with van der Waals surface area (Å²) in [5.41, 5.74) is 3.10. The highest BCUT2D eigenvalue weighted by Gasteiger charge is 2.29. The molecule has 1 saturated heterocycles. The van der Waals surface area contributed by atoms with Crippen molar-refractivity contribution in [3.63, 3.8) is 0 Å². The molecule has 3 aromatic rings. The average molecular weight is 403 g/mol. The number of hydrogen-bond acceptors (Lipinski definition) is 5. The first kappa shape index (κ1) is 19.9. The van der Waals surface area contributed by atoms with Crippen molar-refractivity contribution in [3.05, 3.63) is 83.2 Å². The molecule has 1 aromatic heterocycles. The normalized spacial score (nSPS) is 15.9. The van der Waals surface area contributed by atoms with Crippen LogP contribution in [0, 0.1) is 0 Å². The Hall–Kier alpha value is -3.41. The maximum absolute atomic E-state index is 11.7. The van der Waals surface area contributed by atoms with Crippen LogP contribution in [-0.2, 0) is 12.8 Å². The molecule has 0 saturated carbocycles. The average Bonchev–Trinajstić information content (AvgIpc) is 3.28. The molecule has 4 rings (SSSR count). The van der Waals surface area contributed by atoms with Crippen LogP contribution in [0.25, 0.3) is 0 Å². The molecule has 1 fully saturated rings. The standard InChI is InChI=1S/C24H25N3O3/c1-30-19-12-10-18(11-13-19)22-8-5-15-27(22)24-25-16-20(23(28)29)21(26-24)14-9-17-6-3-2-4-7-17/h2-4,6-7,10-13,16,22H,5,8-9,14-15H2,1H3,(H,28,29)/t22-/m1/s1. The number of carboxylic acids is 1. The second-order valence-corrected chi connectivity index (χ2v) is 7.45. The molecule has 0 radical (unpaired) electrons. The van der Waals surface area contributed by atoms with Crippen molar-refractivity contribution in [3.8, 4) is 5.75 Å². The second kappa shape index (κ2) is 8.95. The van der Waals surface area contributed by atoms with Crippen molar-refractivity contribution in [1.29, 1.82) is 0 Å². The van der Waals surface area contributed by atoms with E-state index < -0.39 is 5.97 Å². The van der Waals surface area contributed by atoms with Crippen LogP contribution in [-0.4, -0.2) is 34.7 Å². The van der Waals surface area contributed by atoms with Crippen LogP contribution in [0.15, 0.2) is 60.8 Å². The van der Waals surface area contributed by atoms with Crippen molar-refractivity contribution in [1.82, 2.24) is 9.97 Å². The highest BCUT2D eigenvalue weighted by atomic mass is 16.5. The number of anilines is 1. The van der Waals surface area contributed by atoms with E-state index in [0.717, 1.165) is 37.1 Å². The molecule has 6 nitrogen and oxygen atoms in total. The Bertz CT molecular complexity index is 1010. The number of methoxy groups -OCH3 is 1. The Morgan fingerprint density at radius 2 is 1.90 bits per heavy atom. The molecular weight excluding hydrogens is 378 g/mol. The molecule has 6 heteroatoms. The van der Waals surface area contributed by atoms with Gasteiger partial charge in [0.05, 0.1) is 24.4 Å². The van der Waals surface area contributed by atoms with Crippen LogP contribution in [0.2, 0.25) is 0 Å². The number of aromatic nitrogens is 2. The van der Waals surface area contributed by atoms with E-state index in [9.17, 15) is 9.90 Å². The van der Waals surface area contributed by atoms with Crippen molar-refractivity contribution >= 4 is 11.9 Å². The number of nitrogens with zero attached hydrogens (tertiary/aromatic N) is 3. The SMILES string of the molecule is COc1ccc([C@H]2CCCN2c2ncc(C(=O)O)c(CCc3ccccc3)n2)cc1. The van der Waals surface area contributed by atoms with Crippen LogP contribution < -0.4 is 9.64 Å². The highest BCUT2D eigenvalue weighted by molar-refractivity contribution is 5.88. The molecule has 0 spiro atoms. The summed E-state index contributed by atoms with van der Waals surface area (Å²) in [6.07, 6.45) is 4.80. The zero-order valence-corrected chi connectivity index (χ0v) is 17.0. The minimum Gasteiger partial charge on any atom is -0.497 e. The lowest BCUT2D eigenvalue weighted by Crippen LogP contribution is -2.25. The first-order valence-electron chi connectivity index (χ1n) is 10.2. The van der Waals surface area contributed by atoms with Gasteiger partial charge in [-0.3, -0.25) is 0 Å². The number of carbonyl (C=O) groups is 1. The van der Waals surface area contributed by atoms with Crippen molar-refractivity contribution in [2.24, 2.45) is 0 Å². The molecule has 1 N–H and O–H groups in total. The molecule has 1 aliphatic rings. The van der Waals surface area contributed by atoms with Gasteiger partial charge in [-0.1, -0.05) is 42.5 Å². The Morgan fingerprint density at radius 3 is 2.60 bits per heavy atom. The molecule has 2 heterocycles. The van der Waals surface area contributed by atoms with Gasteiger partial charge in [0.25, 0.3) is 0 Å². The number of hydrogen-bond donors (Lipinski definition) is 1. The Labute approximate surface area is 176 Å². The Kier molecular flexibility index (Phi) is 5.93. The van der Waals surface area contributed by atoms with Crippen LogP contribution in [0.5, 0.6) is 5.75 Å². The van der Waals surface area contributed by atoms with Gasteiger partial charge in [-0.2, -0.15) is 0 Å². The van der Waals surface area contributed by atoms with Crippen LogP contribution in [0.4, 0.5) is 5.95 Å². The molecule has 154 valence electrons. The van der Waals surface area contributed by atoms with Crippen molar-refractivity contribution in [2.75, 3.05) is 18.6 Å². The van der Waals surface area contributed by atoms with Gasteiger partial charge in [0.15, 0.2) is 0 Å². The predicted molar refractivity (Wildman–Crippen MR) is 115 cm³/mol. The molecule has 0 amide bonds. The lowest BCUT2D eigenvalue weighted by molar-refractivity contribution is 0.0694. The number of carboxylic acid groups (broad SMARTS) is 1. The largest absolute Gasteiger partial charge is 0.497 e. The monoisotopic (exact) mass is 403 g/mol. The minimum absolute atomic E-state index is 0.175. The van der Waals surface area contributed by atoms with Crippen molar-refractivity contribution < 1.29 is 14.6 Å². The molecule has 1 aliphatic heterocycles. The maximum Gasteiger partial charge on any atom is 0.339 e. The third-order valence-corrected chi connectivity index (χ3v) is 5.59. The van der Waals surface area contributed by atoms with Gasteiger partial charge in [-0.25, -0.2) is 14.8 Å². The van der Waals surface area contributed by atoms with E-state index in [1.54, 1.807) is 7.11 Å². The number of benzene rings is 2. The van der Waals surface area contributed by atoms with E-state index in [4.69, 9.17) is 9.72 Å². The van der Waals surface area contributed by atoms with Gasteiger partial charge in [0.2, 0.25) is 5.95 Å².